The lowest BCUT2D eigenvalue weighted by Gasteiger charge is -2.09. The highest BCUT2D eigenvalue weighted by Gasteiger charge is 2.19. The second-order valence-corrected chi connectivity index (χ2v) is 5.50. The highest BCUT2D eigenvalue weighted by atomic mass is 35.5. The number of amides is 2. The highest BCUT2D eigenvalue weighted by Crippen LogP contribution is 2.34. The molecule has 1 atom stereocenters. The van der Waals surface area contributed by atoms with Crippen LogP contribution in [0.2, 0.25) is 5.02 Å². The Morgan fingerprint density at radius 3 is 2.96 bits per heavy atom. The van der Waals surface area contributed by atoms with E-state index in [0.717, 1.165) is 12.8 Å². The summed E-state index contributed by atoms with van der Waals surface area (Å²) in [5, 5.41) is 15.9. The number of hydrazone groups is 1. The van der Waals surface area contributed by atoms with Crippen molar-refractivity contribution in [2.75, 3.05) is 20.3 Å². The second kappa shape index (κ2) is 8.51. The Morgan fingerprint density at radius 1 is 1.50 bits per heavy atom. The minimum absolute atomic E-state index is 0.0446. The minimum Gasteiger partial charge on any atom is -0.503 e. The fraction of sp³-hybridized carbons (Fsp3) is 0.400. The van der Waals surface area contributed by atoms with Gasteiger partial charge in [0.2, 0.25) is 0 Å². The Hall–Kier alpha value is -2.32. The Balaban J connectivity index is 1.85. The van der Waals surface area contributed by atoms with E-state index >= 15 is 0 Å². The van der Waals surface area contributed by atoms with E-state index in [4.69, 9.17) is 21.1 Å². The van der Waals surface area contributed by atoms with Crippen LogP contribution in [0.25, 0.3) is 0 Å². The summed E-state index contributed by atoms with van der Waals surface area (Å²) in [5.74, 6) is -1.69. The number of carbonyl (C=O) groups is 2. The van der Waals surface area contributed by atoms with E-state index in [0.29, 0.717) is 18.7 Å². The van der Waals surface area contributed by atoms with Gasteiger partial charge in [0.05, 0.1) is 24.5 Å². The van der Waals surface area contributed by atoms with Crippen molar-refractivity contribution in [1.82, 2.24) is 10.7 Å². The molecule has 2 rings (SSSR count). The Bertz CT molecular complexity index is 644. The summed E-state index contributed by atoms with van der Waals surface area (Å²) in [4.78, 5) is 23.2. The molecule has 1 aliphatic rings. The minimum atomic E-state index is -0.888. The van der Waals surface area contributed by atoms with Gasteiger partial charge in [-0.3, -0.25) is 9.59 Å². The van der Waals surface area contributed by atoms with E-state index in [1.807, 2.05) is 0 Å². The molecular formula is C15H18ClN3O5. The first kappa shape index (κ1) is 18.0. The zero-order chi connectivity index (χ0) is 17.5. The first-order chi connectivity index (χ1) is 11.5. The number of ether oxygens (including phenoxy) is 2. The Kier molecular flexibility index (Phi) is 6.39. The van der Waals surface area contributed by atoms with Crippen molar-refractivity contribution in [3.8, 4) is 11.5 Å². The predicted molar refractivity (Wildman–Crippen MR) is 87.4 cm³/mol. The van der Waals surface area contributed by atoms with E-state index in [9.17, 15) is 14.7 Å². The topological polar surface area (TPSA) is 109 Å². The van der Waals surface area contributed by atoms with Crippen LogP contribution in [0.4, 0.5) is 0 Å². The summed E-state index contributed by atoms with van der Waals surface area (Å²) < 4.78 is 10.3. The van der Waals surface area contributed by atoms with Crippen molar-refractivity contribution < 1.29 is 24.2 Å². The number of hydrogen-bond donors (Lipinski definition) is 3. The molecule has 8 nitrogen and oxygen atoms in total. The van der Waals surface area contributed by atoms with Gasteiger partial charge in [0.25, 0.3) is 0 Å². The molecule has 0 saturated carbocycles. The summed E-state index contributed by atoms with van der Waals surface area (Å²) in [7, 11) is 1.38. The largest absolute Gasteiger partial charge is 0.503 e. The number of methoxy groups -OCH3 is 1. The lowest BCUT2D eigenvalue weighted by atomic mass is 10.2. The lowest BCUT2D eigenvalue weighted by Crippen LogP contribution is -2.41. The molecule has 1 heterocycles. The van der Waals surface area contributed by atoms with Crippen LogP contribution in [0.15, 0.2) is 17.2 Å². The van der Waals surface area contributed by atoms with E-state index in [1.165, 1.54) is 25.5 Å². The van der Waals surface area contributed by atoms with E-state index < -0.39 is 11.8 Å². The average molecular weight is 356 g/mol. The molecule has 9 heteroatoms. The number of halogens is 1. The number of phenolic OH excluding ortho intramolecular Hbond substituents is 1. The lowest BCUT2D eigenvalue weighted by molar-refractivity contribution is -0.139. The molecule has 0 spiro atoms. The quantitative estimate of drug-likeness (QED) is 0.411. The fourth-order valence-electron chi connectivity index (χ4n) is 2.13. The normalized spacial score (nSPS) is 17.0. The molecule has 1 aromatic rings. The first-order valence-corrected chi connectivity index (χ1v) is 7.68. The number of carbonyl (C=O) groups excluding carboxylic acids is 2. The van der Waals surface area contributed by atoms with Gasteiger partial charge in [-0.2, -0.15) is 5.10 Å². The van der Waals surface area contributed by atoms with Gasteiger partial charge in [0, 0.05) is 13.2 Å². The molecular weight excluding hydrogens is 338 g/mol. The Labute approximate surface area is 143 Å². The molecule has 0 bridgehead atoms. The van der Waals surface area contributed by atoms with Gasteiger partial charge in [-0.1, -0.05) is 11.6 Å². The number of phenols is 1. The fourth-order valence-corrected chi connectivity index (χ4v) is 2.35. The zero-order valence-electron chi connectivity index (χ0n) is 13.0. The van der Waals surface area contributed by atoms with Crippen molar-refractivity contribution in [2.24, 2.45) is 5.10 Å². The SMILES string of the molecule is COc1cc(/C=N/NC(=O)C(=O)NCC2CCCO2)cc(Cl)c1O. The molecule has 3 N–H and O–H groups in total. The van der Waals surface area contributed by atoms with Gasteiger partial charge in [-0.15, -0.1) is 0 Å². The number of nitrogens with zero attached hydrogens (tertiary/aromatic N) is 1. The highest BCUT2D eigenvalue weighted by molar-refractivity contribution is 6.35. The summed E-state index contributed by atoms with van der Waals surface area (Å²) in [6.07, 6.45) is 3.05. The summed E-state index contributed by atoms with van der Waals surface area (Å²) in [6, 6.07) is 2.92. The van der Waals surface area contributed by atoms with Crippen LogP contribution in [-0.2, 0) is 14.3 Å². The van der Waals surface area contributed by atoms with Crippen molar-refractivity contribution in [3.63, 3.8) is 0 Å². The van der Waals surface area contributed by atoms with Crippen LogP contribution in [0.3, 0.4) is 0 Å². The average Bonchev–Trinajstić information content (AvgIpc) is 3.09. The predicted octanol–water partition coefficient (Wildman–Crippen LogP) is 0.800. The van der Waals surface area contributed by atoms with Crippen molar-refractivity contribution >= 4 is 29.6 Å². The maximum absolute atomic E-state index is 11.6. The van der Waals surface area contributed by atoms with E-state index in [2.05, 4.69) is 15.8 Å². The second-order valence-electron chi connectivity index (χ2n) is 5.10. The number of benzene rings is 1. The van der Waals surface area contributed by atoms with Crippen molar-refractivity contribution in [3.05, 3.63) is 22.7 Å². The van der Waals surface area contributed by atoms with Crippen LogP contribution in [0.5, 0.6) is 11.5 Å². The van der Waals surface area contributed by atoms with Crippen LogP contribution in [0, 0.1) is 0 Å². The standard InChI is InChI=1S/C15H18ClN3O5/c1-23-12-6-9(5-11(16)13(12)20)7-18-19-15(22)14(21)17-8-10-3-2-4-24-10/h5-7,10,20H,2-4,8H2,1H3,(H,17,21)(H,19,22)/b18-7+. The van der Waals surface area contributed by atoms with Gasteiger partial charge >= 0.3 is 11.8 Å². The molecule has 1 aliphatic heterocycles. The van der Waals surface area contributed by atoms with Crippen LogP contribution >= 0.6 is 11.6 Å². The third-order valence-corrected chi connectivity index (χ3v) is 3.66. The van der Waals surface area contributed by atoms with Gasteiger partial charge in [-0.05, 0) is 30.5 Å². The summed E-state index contributed by atoms with van der Waals surface area (Å²) >= 11 is 5.84. The molecule has 0 radical (unpaired) electrons. The van der Waals surface area contributed by atoms with Gasteiger partial charge < -0.3 is 19.9 Å². The van der Waals surface area contributed by atoms with Crippen molar-refractivity contribution in [1.29, 1.82) is 0 Å². The molecule has 130 valence electrons. The number of hydrogen-bond acceptors (Lipinski definition) is 6. The van der Waals surface area contributed by atoms with Gasteiger partial charge in [-0.25, -0.2) is 5.43 Å². The van der Waals surface area contributed by atoms with E-state index in [-0.39, 0.29) is 22.6 Å². The summed E-state index contributed by atoms with van der Waals surface area (Å²) in [5.41, 5.74) is 2.59. The summed E-state index contributed by atoms with van der Waals surface area (Å²) in [6.45, 7) is 0.969. The van der Waals surface area contributed by atoms with Gasteiger partial charge in [0.1, 0.15) is 0 Å². The third kappa shape index (κ3) is 4.84. The molecule has 0 aliphatic carbocycles. The monoisotopic (exact) mass is 355 g/mol. The number of aromatic hydroxyl groups is 1. The molecule has 1 saturated heterocycles. The first-order valence-electron chi connectivity index (χ1n) is 7.30. The maximum atomic E-state index is 11.6. The van der Waals surface area contributed by atoms with E-state index in [1.54, 1.807) is 0 Å². The van der Waals surface area contributed by atoms with Crippen LogP contribution < -0.4 is 15.5 Å². The maximum Gasteiger partial charge on any atom is 0.329 e. The molecule has 1 fully saturated rings. The van der Waals surface area contributed by atoms with Crippen LogP contribution in [-0.4, -0.2) is 49.5 Å². The van der Waals surface area contributed by atoms with Gasteiger partial charge in [0.15, 0.2) is 11.5 Å². The molecule has 2 amide bonds. The zero-order valence-corrected chi connectivity index (χ0v) is 13.8. The number of rotatable bonds is 5. The smallest absolute Gasteiger partial charge is 0.329 e. The van der Waals surface area contributed by atoms with Crippen molar-refractivity contribution in [2.45, 2.75) is 18.9 Å². The van der Waals surface area contributed by atoms with Crippen LogP contribution in [0.1, 0.15) is 18.4 Å². The third-order valence-electron chi connectivity index (χ3n) is 3.37. The molecule has 24 heavy (non-hydrogen) atoms. The number of nitrogens with one attached hydrogen (secondary N) is 2. The molecule has 1 aromatic carbocycles. The Morgan fingerprint density at radius 2 is 2.29 bits per heavy atom. The molecule has 1 unspecified atom stereocenters. The molecule has 0 aromatic heterocycles.